The summed E-state index contributed by atoms with van der Waals surface area (Å²) in [6.45, 7) is 3.63. The number of benzene rings is 2. The standard InChI is InChI=1S/C22H20ClF2N2O3S2/c1-14(15-5-3-2-4-6-15)27-10-7-16(8-11-27)30-18-13-17(24)21(20(25)19(18)23)32(28,29)22-26-9-12-31-22/h2-6,12-14,16H,7-8,10-11H2,1H3/t14-/m1/s1. The highest BCUT2D eigenvalue weighted by Crippen LogP contribution is 2.38. The van der Waals surface area contributed by atoms with Crippen LogP contribution in [0.2, 0.25) is 5.02 Å². The van der Waals surface area contributed by atoms with E-state index in [2.05, 4.69) is 35.1 Å². The van der Waals surface area contributed by atoms with Gasteiger partial charge >= 0.3 is 0 Å². The maximum absolute atomic E-state index is 14.8. The van der Waals surface area contributed by atoms with E-state index >= 15 is 0 Å². The number of sulfone groups is 1. The zero-order chi connectivity index (χ0) is 22.9. The molecule has 1 aromatic heterocycles. The molecule has 1 fully saturated rings. The maximum Gasteiger partial charge on any atom is 0.239 e. The Morgan fingerprint density at radius 3 is 2.56 bits per heavy atom. The van der Waals surface area contributed by atoms with Gasteiger partial charge in [0, 0.05) is 30.6 Å². The van der Waals surface area contributed by atoms with Gasteiger partial charge in [0.1, 0.15) is 33.8 Å². The molecule has 1 saturated heterocycles. The molecule has 0 N–H and O–H groups in total. The number of halogens is 3. The van der Waals surface area contributed by atoms with Crippen LogP contribution in [0.25, 0.3) is 0 Å². The van der Waals surface area contributed by atoms with Gasteiger partial charge in [-0.1, -0.05) is 41.9 Å². The lowest BCUT2D eigenvalue weighted by molar-refractivity contribution is 0.0793. The quantitative estimate of drug-likeness (QED) is 0.432. The Hall–Kier alpha value is -2.07. The second-order valence-corrected chi connectivity index (χ2v) is 10.8. The molecule has 5 nitrogen and oxygen atoms in total. The lowest BCUT2D eigenvalue weighted by atomic mass is 10.0. The van der Waals surface area contributed by atoms with E-state index in [1.54, 1.807) is 0 Å². The van der Waals surface area contributed by atoms with Gasteiger partial charge in [0.25, 0.3) is 0 Å². The summed E-state index contributed by atoms with van der Waals surface area (Å²) in [6, 6.07) is 11.2. The number of nitrogens with zero attached hydrogens (tertiary/aromatic N) is 2. The first-order valence-electron chi connectivity index (χ1n) is 9.99. The van der Waals surface area contributed by atoms with Crippen LogP contribution in [0.5, 0.6) is 5.75 Å². The third-order valence-corrected chi connectivity index (χ3v) is 8.83. The van der Waals surface area contributed by atoms with Gasteiger partial charge in [-0.15, -0.1) is 11.3 Å². The molecule has 0 unspecified atom stereocenters. The zero-order valence-corrected chi connectivity index (χ0v) is 19.5. The van der Waals surface area contributed by atoms with Crippen LogP contribution in [0.1, 0.15) is 31.4 Å². The summed E-state index contributed by atoms with van der Waals surface area (Å²) >= 11 is 6.76. The number of piperidine rings is 1. The summed E-state index contributed by atoms with van der Waals surface area (Å²) in [7, 11) is -4.49. The molecule has 1 aliphatic rings. The predicted octanol–water partition coefficient (Wildman–Crippen LogP) is 5.31. The van der Waals surface area contributed by atoms with Crippen molar-refractivity contribution >= 4 is 32.8 Å². The first kappa shape index (κ1) is 23.1. The number of ether oxygens (including phenoxy) is 1. The van der Waals surface area contributed by atoms with E-state index in [0.29, 0.717) is 24.2 Å². The molecular formula is C22H20ClF2N2O3S2. The zero-order valence-electron chi connectivity index (χ0n) is 17.1. The fourth-order valence-electron chi connectivity index (χ4n) is 3.78. The Balaban J connectivity index is 1.48. The van der Waals surface area contributed by atoms with Gasteiger partial charge in [0.05, 0.1) is 0 Å². The lowest BCUT2D eigenvalue weighted by Crippen LogP contribution is -2.39. The fraction of sp³-hybridized carbons (Fsp3) is 0.318. The first-order chi connectivity index (χ1) is 15.3. The van der Waals surface area contributed by atoms with Gasteiger partial charge in [-0.2, -0.15) is 0 Å². The smallest absolute Gasteiger partial charge is 0.239 e. The van der Waals surface area contributed by atoms with E-state index in [0.717, 1.165) is 19.2 Å². The highest BCUT2D eigenvalue weighted by Gasteiger charge is 2.33. The monoisotopic (exact) mass is 497 g/mol. The van der Waals surface area contributed by atoms with Crippen LogP contribution in [-0.4, -0.2) is 37.5 Å². The van der Waals surface area contributed by atoms with Crippen LogP contribution < -0.4 is 4.74 Å². The van der Waals surface area contributed by atoms with Crippen molar-refractivity contribution in [1.82, 2.24) is 9.88 Å². The molecule has 1 aliphatic heterocycles. The van der Waals surface area contributed by atoms with Crippen LogP contribution in [0.3, 0.4) is 0 Å². The minimum Gasteiger partial charge on any atom is -0.489 e. The van der Waals surface area contributed by atoms with Crippen molar-refractivity contribution in [2.75, 3.05) is 13.1 Å². The van der Waals surface area contributed by atoms with Gasteiger partial charge < -0.3 is 4.74 Å². The Kier molecular flexibility index (Phi) is 6.80. The molecule has 32 heavy (non-hydrogen) atoms. The van der Waals surface area contributed by atoms with E-state index in [-0.39, 0.29) is 17.9 Å². The topological polar surface area (TPSA) is 59.5 Å². The van der Waals surface area contributed by atoms with Gasteiger partial charge in [-0.3, -0.25) is 4.90 Å². The van der Waals surface area contributed by atoms with E-state index < -0.39 is 35.7 Å². The van der Waals surface area contributed by atoms with Crippen molar-refractivity contribution in [3.63, 3.8) is 0 Å². The fourth-order valence-corrected chi connectivity index (χ4v) is 6.25. The molecule has 0 aliphatic carbocycles. The molecule has 0 saturated carbocycles. The van der Waals surface area contributed by atoms with Crippen LogP contribution in [0.15, 0.2) is 51.0 Å². The third-order valence-electron chi connectivity index (χ3n) is 5.55. The minimum absolute atomic E-state index is 0.208. The average molecular weight is 498 g/mol. The third kappa shape index (κ3) is 4.52. The SMILES string of the molecule is C[C@H](c1ccccc1)N1CCC(Oc2cc(F)c(S(=O)(=O)c3n[c]cs3)c(F)c2Cl)CC1. The minimum atomic E-state index is -4.49. The Morgan fingerprint density at radius 1 is 1.25 bits per heavy atom. The van der Waals surface area contributed by atoms with Crippen molar-refractivity contribution in [2.45, 2.75) is 41.1 Å². The molecule has 169 valence electrons. The van der Waals surface area contributed by atoms with E-state index in [4.69, 9.17) is 16.3 Å². The van der Waals surface area contributed by atoms with Crippen LogP contribution in [0, 0.1) is 17.8 Å². The number of thiazole rings is 1. The van der Waals surface area contributed by atoms with Gasteiger partial charge in [0.2, 0.25) is 14.2 Å². The summed E-state index contributed by atoms with van der Waals surface area (Å²) in [6.07, 6.45) is 3.33. The van der Waals surface area contributed by atoms with Gasteiger partial charge in [0.15, 0.2) is 5.82 Å². The molecule has 0 bridgehead atoms. The lowest BCUT2D eigenvalue weighted by Gasteiger charge is -2.36. The normalized spacial score (nSPS) is 16.8. The highest BCUT2D eigenvalue weighted by molar-refractivity contribution is 7.93. The van der Waals surface area contributed by atoms with E-state index in [1.165, 1.54) is 10.9 Å². The van der Waals surface area contributed by atoms with Crippen LogP contribution >= 0.6 is 22.9 Å². The number of aromatic nitrogens is 1. The molecule has 1 atom stereocenters. The van der Waals surface area contributed by atoms with Crippen molar-refractivity contribution in [3.8, 4) is 5.75 Å². The molecule has 1 radical (unpaired) electrons. The number of likely N-dealkylation sites (tertiary alicyclic amines) is 1. The summed E-state index contributed by atoms with van der Waals surface area (Å²) in [5.41, 5.74) is 1.22. The number of hydrogen-bond donors (Lipinski definition) is 0. The van der Waals surface area contributed by atoms with Gasteiger partial charge in [-0.25, -0.2) is 22.2 Å². The van der Waals surface area contributed by atoms with Crippen molar-refractivity contribution in [1.29, 1.82) is 0 Å². The molecule has 0 amide bonds. The molecule has 2 heterocycles. The maximum atomic E-state index is 14.8. The molecular weight excluding hydrogens is 478 g/mol. The summed E-state index contributed by atoms with van der Waals surface area (Å²) in [5, 5.41) is 0.720. The van der Waals surface area contributed by atoms with Gasteiger partial charge in [-0.05, 0) is 25.3 Å². The predicted molar refractivity (Wildman–Crippen MR) is 118 cm³/mol. The van der Waals surface area contributed by atoms with Crippen LogP contribution in [-0.2, 0) is 9.84 Å². The van der Waals surface area contributed by atoms with Crippen LogP contribution in [0.4, 0.5) is 8.78 Å². The van der Waals surface area contributed by atoms with Crippen molar-refractivity contribution < 1.29 is 21.9 Å². The Morgan fingerprint density at radius 2 is 1.94 bits per heavy atom. The number of hydrogen-bond acceptors (Lipinski definition) is 6. The van der Waals surface area contributed by atoms with E-state index in [1.807, 2.05) is 18.2 Å². The van der Waals surface area contributed by atoms with Crippen molar-refractivity contribution in [2.24, 2.45) is 0 Å². The summed E-state index contributed by atoms with van der Waals surface area (Å²) < 4.78 is 60.0. The average Bonchev–Trinajstić information content (AvgIpc) is 3.34. The van der Waals surface area contributed by atoms with Crippen molar-refractivity contribution in [3.05, 3.63) is 70.2 Å². The highest BCUT2D eigenvalue weighted by atomic mass is 35.5. The molecule has 3 aromatic rings. The van der Waals surface area contributed by atoms with E-state index in [9.17, 15) is 17.2 Å². The number of rotatable bonds is 6. The second kappa shape index (κ2) is 9.43. The molecule has 4 rings (SSSR count). The molecule has 10 heteroatoms. The molecule has 2 aromatic carbocycles. The summed E-state index contributed by atoms with van der Waals surface area (Å²) in [4.78, 5) is 4.71. The Labute approximate surface area is 194 Å². The largest absolute Gasteiger partial charge is 0.489 e. The Bertz CT molecular complexity index is 1180. The second-order valence-electron chi connectivity index (χ2n) is 7.50. The summed E-state index contributed by atoms with van der Waals surface area (Å²) in [5.74, 6) is -2.86. The first-order valence-corrected chi connectivity index (χ1v) is 12.7. The molecule has 0 spiro atoms.